The first-order valence-corrected chi connectivity index (χ1v) is 7.57. The van der Waals surface area contributed by atoms with E-state index in [0.717, 1.165) is 36.9 Å². The number of ether oxygens (including phenoxy) is 1. The van der Waals surface area contributed by atoms with Gasteiger partial charge in [-0.1, -0.05) is 18.9 Å². The Kier molecular flexibility index (Phi) is 5.63. The predicted molar refractivity (Wildman–Crippen MR) is 85.2 cm³/mol. The number of hydrogen-bond donors (Lipinski definition) is 3. The third kappa shape index (κ3) is 4.65. The van der Waals surface area contributed by atoms with Crippen LogP contribution >= 0.6 is 0 Å². The number of anilines is 1. The summed E-state index contributed by atoms with van der Waals surface area (Å²) in [7, 11) is 1.57. The van der Waals surface area contributed by atoms with Crippen molar-refractivity contribution in [3.63, 3.8) is 0 Å². The second-order valence-electron chi connectivity index (χ2n) is 5.56. The third-order valence-corrected chi connectivity index (χ3v) is 3.74. The molecule has 1 aromatic rings. The van der Waals surface area contributed by atoms with Gasteiger partial charge in [0.25, 0.3) is 0 Å². The molecule has 6 heteroatoms. The molecule has 120 valence electrons. The van der Waals surface area contributed by atoms with Crippen LogP contribution in [-0.2, 0) is 4.79 Å². The van der Waals surface area contributed by atoms with E-state index in [2.05, 4.69) is 16.0 Å². The lowest BCUT2D eigenvalue weighted by molar-refractivity contribution is -0.118. The minimum Gasteiger partial charge on any atom is -0.495 e. The van der Waals surface area contributed by atoms with Crippen molar-refractivity contribution in [3.8, 4) is 5.75 Å². The maximum absolute atomic E-state index is 11.8. The standard InChI is InChI=1S/C16H23N3O3/c1-11-7-8-14(22-2)13(9-11)17-10-15(20)19-16(21)18-12-5-3-4-6-12/h7-9,12,17H,3-6,10H2,1-2H3,(H2,18,19,20,21). The van der Waals surface area contributed by atoms with Crippen LogP contribution < -0.4 is 20.7 Å². The number of amides is 3. The lowest BCUT2D eigenvalue weighted by Crippen LogP contribution is -2.45. The summed E-state index contributed by atoms with van der Waals surface area (Å²) in [5.74, 6) is 0.285. The van der Waals surface area contributed by atoms with E-state index in [1.165, 1.54) is 0 Å². The van der Waals surface area contributed by atoms with Gasteiger partial charge in [0.15, 0.2) is 0 Å². The fourth-order valence-electron chi connectivity index (χ4n) is 2.60. The molecule has 1 aliphatic rings. The van der Waals surface area contributed by atoms with Gasteiger partial charge in [-0.05, 0) is 37.5 Å². The highest BCUT2D eigenvalue weighted by Crippen LogP contribution is 2.24. The zero-order chi connectivity index (χ0) is 15.9. The Morgan fingerprint density at radius 1 is 1.27 bits per heavy atom. The van der Waals surface area contributed by atoms with Crippen molar-refractivity contribution >= 4 is 17.6 Å². The van der Waals surface area contributed by atoms with Crippen molar-refractivity contribution < 1.29 is 14.3 Å². The van der Waals surface area contributed by atoms with Crippen molar-refractivity contribution in [2.24, 2.45) is 0 Å². The summed E-state index contributed by atoms with van der Waals surface area (Å²) in [4.78, 5) is 23.5. The van der Waals surface area contributed by atoms with E-state index in [-0.39, 0.29) is 18.5 Å². The van der Waals surface area contributed by atoms with Gasteiger partial charge in [-0.15, -0.1) is 0 Å². The lowest BCUT2D eigenvalue weighted by atomic mass is 10.2. The molecule has 1 aliphatic carbocycles. The number of benzene rings is 1. The van der Waals surface area contributed by atoms with Crippen LogP contribution in [0.2, 0.25) is 0 Å². The molecule has 0 bridgehead atoms. The number of carbonyl (C=O) groups excluding carboxylic acids is 2. The Balaban J connectivity index is 1.79. The SMILES string of the molecule is COc1ccc(C)cc1NCC(=O)NC(=O)NC1CCCC1. The fraction of sp³-hybridized carbons (Fsp3) is 0.500. The molecule has 0 aliphatic heterocycles. The average molecular weight is 305 g/mol. The van der Waals surface area contributed by atoms with Crippen LogP contribution in [0.1, 0.15) is 31.2 Å². The molecule has 0 unspecified atom stereocenters. The monoisotopic (exact) mass is 305 g/mol. The van der Waals surface area contributed by atoms with E-state index in [1.54, 1.807) is 7.11 Å². The Hall–Kier alpha value is -2.24. The molecular formula is C16H23N3O3. The molecule has 0 aromatic heterocycles. The normalized spacial score (nSPS) is 14.5. The molecular weight excluding hydrogens is 282 g/mol. The number of aryl methyl sites for hydroxylation is 1. The van der Waals surface area contributed by atoms with Crippen LogP contribution in [0.5, 0.6) is 5.75 Å². The quantitative estimate of drug-likeness (QED) is 0.779. The van der Waals surface area contributed by atoms with Crippen LogP contribution in [0.25, 0.3) is 0 Å². The fourth-order valence-corrected chi connectivity index (χ4v) is 2.60. The first kappa shape index (κ1) is 16.1. The largest absolute Gasteiger partial charge is 0.495 e. The maximum atomic E-state index is 11.8. The van der Waals surface area contributed by atoms with E-state index >= 15 is 0 Å². The third-order valence-electron chi connectivity index (χ3n) is 3.74. The van der Waals surface area contributed by atoms with Gasteiger partial charge in [-0.2, -0.15) is 0 Å². The molecule has 1 aromatic carbocycles. The van der Waals surface area contributed by atoms with Crippen molar-refractivity contribution in [2.45, 2.75) is 38.6 Å². The lowest BCUT2D eigenvalue weighted by Gasteiger charge is -2.14. The second-order valence-corrected chi connectivity index (χ2v) is 5.56. The Morgan fingerprint density at radius 2 is 2.00 bits per heavy atom. The van der Waals surface area contributed by atoms with Gasteiger partial charge in [0, 0.05) is 6.04 Å². The van der Waals surface area contributed by atoms with E-state index in [4.69, 9.17) is 4.74 Å². The van der Waals surface area contributed by atoms with Gasteiger partial charge in [-0.25, -0.2) is 4.79 Å². The predicted octanol–water partition coefficient (Wildman–Crippen LogP) is 2.18. The number of nitrogens with one attached hydrogen (secondary N) is 3. The van der Waals surface area contributed by atoms with Crippen LogP contribution in [0.15, 0.2) is 18.2 Å². The van der Waals surface area contributed by atoms with Gasteiger partial charge in [0.2, 0.25) is 5.91 Å². The Morgan fingerprint density at radius 3 is 2.68 bits per heavy atom. The van der Waals surface area contributed by atoms with Crippen LogP contribution in [0, 0.1) is 6.92 Å². The van der Waals surface area contributed by atoms with Gasteiger partial charge >= 0.3 is 6.03 Å². The van der Waals surface area contributed by atoms with E-state index < -0.39 is 6.03 Å². The molecule has 3 N–H and O–H groups in total. The topological polar surface area (TPSA) is 79.5 Å². The van der Waals surface area contributed by atoms with Crippen LogP contribution in [0.3, 0.4) is 0 Å². The number of methoxy groups -OCH3 is 1. The summed E-state index contributed by atoms with van der Waals surface area (Å²) in [6.45, 7) is 1.97. The Bertz CT molecular complexity index is 539. The molecule has 1 fully saturated rings. The smallest absolute Gasteiger partial charge is 0.321 e. The van der Waals surface area contributed by atoms with E-state index in [9.17, 15) is 9.59 Å². The van der Waals surface area contributed by atoms with Crippen molar-refractivity contribution in [1.82, 2.24) is 10.6 Å². The summed E-state index contributed by atoms with van der Waals surface area (Å²) in [6.07, 6.45) is 4.24. The number of imide groups is 1. The van der Waals surface area contributed by atoms with Crippen molar-refractivity contribution in [3.05, 3.63) is 23.8 Å². The van der Waals surface area contributed by atoms with Crippen molar-refractivity contribution in [1.29, 1.82) is 0 Å². The van der Waals surface area contributed by atoms with Crippen LogP contribution in [0.4, 0.5) is 10.5 Å². The summed E-state index contributed by atoms with van der Waals surface area (Å²) in [5.41, 5.74) is 1.79. The van der Waals surface area contributed by atoms with Gasteiger partial charge in [-0.3, -0.25) is 10.1 Å². The molecule has 3 amide bonds. The molecule has 22 heavy (non-hydrogen) atoms. The minimum atomic E-state index is -0.421. The second kappa shape index (κ2) is 7.68. The molecule has 0 heterocycles. The number of urea groups is 1. The van der Waals surface area contributed by atoms with E-state index in [1.807, 2.05) is 25.1 Å². The van der Waals surface area contributed by atoms with Crippen molar-refractivity contribution in [2.75, 3.05) is 19.0 Å². The average Bonchev–Trinajstić information content (AvgIpc) is 2.98. The Labute approximate surface area is 130 Å². The molecule has 0 atom stereocenters. The highest BCUT2D eigenvalue weighted by atomic mass is 16.5. The van der Waals surface area contributed by atoms with Gasteiger partial charge < -0.3 is 15.4 Å². The minimum absolute atomic E-state index is 0.0118. The first-order chi connectivity index (χ1) is 10.6. The molecule has 2 rings (SSSR count). The summed E-state index contributed by atoms with van der Waals surface area (Å²) >= 11 is 0. The first-order valence-electron chi connectivity index (χ1n) is 7.57. The molecule has 0 spiro atoms. The summed E-state index contributed by atoms with van der Waals surface area (Å²) in [5, 5.41) is 8.14. The maximum Gasteiger partial charge on any atom is 0.321 e. The van der Waals surface area contributed by atoms with Gasteiger partial charge in [0.05, 0.1) is 19.3 Å². The highest BCUT2D eigenvalue weighted by Gasteiger charge is 2.18. The number of rotatable bonds is 5. The van der Waals surface area contributed by atoms with E-state index in [0.29, 0.717) is 5.75 Å². The summed E-state index contributed by atoms with van der Waals surface area (Å²) < 4.78 is 5.23. The molecule has 0 saturated heterocycles. The summed E-state index contributed by atoms with van der Waals surface area (Å²) in [6, 6.07) is 5.43. The number of carbonyl (C=O) groups is 2. The number of hydrogen-bond acceptors (Lipinski definition) is 4. The molecule has 0 radical (unpaired) electrons. The zero-order valence-electron chi connectivity index (χ0n) is 13.1. The van der Waals surface area contributed by atoms with Crippen LogP contribution in [-0.4, -0.2) is 31.6 Å². The molecule has 1 saturated carbocycles. The molecule has 6 nitrogen and oxygen atoms in total. The highest BCUT2D eigenvalue weighted by molar-refractivity contribution is 5.96. The van der Waals surface area contributed by atoms with Gasteiger partial charge in [0.1, 0.15) is 5.75 Å². The zero-order valence-corrected chi connectivity index (χ0v) is 13.1.